The van der Waals surface area contributed by atoms with Gasteiger partial charge in [0.1, 0.15) is 11.0 Å². The van der Waals surface area contributed by atoms with Gasteiger partial charge in [-0.15, -0.1) is 0 Å². The summed E-state index contributed by atoms with van der Waals surface area (Å²) in [6, 6.07) is 42.9. The van der Waals surface area contributed by atoms with E-state index in [1.807, 2.05) is 12.1 Å². The number of aromatic nitrogens is 2. The molecule has 0 aliphatic heterocycles. The molecule has 0 amide bonds. The fourth-order valence-corrected chi connectivity index (χ4v) is 7.42. The number of nitrogens with zero attached hydrogens (tertiary/aromatic N) is 2. The molecule has 0 atom stereocenters. The summed E-state index contributed by atoms with van der Waals surface area (Å²) in [4.78, 5) is 9.90. The van der Waals surface area contributed by atoms with Gasteiger partial charge in [-0.2, -0.15) is 0 Å². The van der Waals surface area contributed by atoms with E-state index in [9.17, 15) is 0 Å². The largest absolute Gasteiger partial charge is 0.436 e. The molecule has 0 aliphatic carbocycles. The number of benzene rings is 9. The minimum atomic E-state index is 0.595. The van der Waals surface area contributed by atoms with Gasteiger partial charge in [-0.1, -0.05) is 97.1 Å². The first-order chi connectivity index (χ1) is 21.8. The van der Waals surface area contributed by atoms with Crippen LogP contribution in [0.1, 0.15) is 0 Å². The maximum atomic E-state index is 6.42. The summed E-state index contributed by atoms with van der Waals surface area (Å²) in [7, 11) is 0. The summed E-state index contributed by atoms with van der Waals surface area (Å²) < 4.78 is 12.8. The van der Waals surface area contributed by atoms with Crippen LogP contribution in [-0.4, -0.2) is 9.97 Å². The average Bonchev–Trinajstić information content (AvgIpc) is 3.68. The van der Waals surface area contributed by atoms with Crippen LogP contribution in [0.25, 0.3) is 110 Å². The summed E-state index contributed by atoms with van der Waals surface area (Å²) in [5.74, 6) is 1.19. The standard InChI is InChI=1S/C40H20N2O2/c1-3-21-7-9-25-13-17-29(27-15-11-23(5-1)35(21)37(25)27)39-41-31-19-34-32(20-33(31)43-39)42-40(44-34)30-18-14-26-10-8-22-4-2-6-24-12-16-28(30)38(26)36(22)24/h1-20H. The van der Waals surface area contributed by atoms with Gasteiger partial charge in [-0.25, -0.2) is 9.97 Å². The Bertz CT molecular complexity index is 2670. The van der Waals surface area contributed by atoms with Crippen molar-refractivity contribution >= 4 is 86.8 Å². The van der Waals surface area contributed by atoms with E-state index in [1.54, 1.807) is 0 Å². The van der Waals surface area contributed by atoms with Crippen molar-refractivity contribution in [2.24, 2.45) is 0 Å². The molecule has 9 aromatic carbocycles. The normalized spacial score (nSPS) is 12.5. The van der Waals surface area contributed by atoms with Crippen LogP contribution in [-0.2, 0) is 0 Å². The van der Waals surface area contributed by atoms with Crippen molar-refractivity contribution in [1.82, 2.24) is 9.97 Å². The molecule has 0 radical (unpaired) electrons. The van der Waals surface area contributed by atoms with Crippen LogP contribution in [0.4, 0.5) is 0 Å². The lowest BCUT2D eigenvalue weighted by molar-refractivity contribution is 0.618. The predicted octanol–water partition coefficient (Wildman–Crippen LogP) is 11.1. The number of rotatable bonds is 2. The smallest absolute Gasteiger partial charge is 0.227 e. The number of oxazole rings is 2. The summed E-state index contributed by atoms with van der Waals surface area (Å²) in [6.45, 7) is 0. The first-order valence-electron chi connectivity index (χ1n) is 14.8. The van der Waals surface area contributed by atoms with Crippen LogP contribution in [0.15, 0.2) is 130 Å². The molecule has 202 valence electrons. The van der Waals surface area contributed by atoms with E-state index in [-0.39, 0.29) is 0 Å². The SMILES string of the molecule is c1cc2ccc3ccc(-c4nc5cc6oc(-c7ccc8ccc9cccc%10ccc7c8c9%10)nc6cc5o4)c4ccc(c1)c2c34. The van der Waals surface area contributed by atoms with Gasteiger partial charge >= 0.3 is 0 Å². The number of hydrogen-bond acceptors (Lipinski definition) is 4. The molecule has 0 saturated carbocycles. The van der Waals surface area contributed by atoms with Crippen molar-refractivity contribution < 1.29 is 8.83 Å². The summed E-state index contributed by atoms with van der Waals surface area (Å²) in [5.41, 5.74) is 4.83. The van der Waals surface area contributed by atoms with E-state index >= 15 is 0 Å². The average molecular weight is 561 g/mol. The maximum absolute atomic E-state index is 6.42. The third-order valence-corrected chi connectivity index (χ3v) is 9.42. The monoisotopic (exact) mass is 560 g/mol. The highest BCUT2D eigenvalue weighted by Crippen LogP contribution is 2.42. The molecule has 0 N–H and O–H groups in total. The third-order valence-electron chi connectivity index (χ3n) is 9.42. The molecule has 0 aliphatic rings. The Morgan fingerprint density at radius 1 is 0.364 bits per heavy atom. The van der Waals surface area contributed by atoms with Crippen molar-refractivity contribution in [1.29, 1.82) is 0 Å². The molecule has 0 spiro atoms. The number of hydrogen-bond donors (Lipinski definition) is 0. The van der Waals surface area contributed by atoms with Crippen LogP contribution < -0.4 is 0 Å². The van der Waals surface area contributed by atoms with Crippen LogP contribution in [0.2, 0.25) is 0 Å². The Kier molecular flexibility index (Phi) is 4.04. The van der Waals surface area contributed by atoms with Gasteiger partial charge in [0.2, 0.25) is 11.8 Å². The highest BCUT2D eigenvalue weighted by atomic mass is 16.4. The van der Waals surface area contributed by atoms with Crippen LogP contribution in [0, 0.1) is 0 Å². The Morgan fingerprint density at radius 3 is 1.16 bits per heavy atom. The van der Waals surface area contributed by atoms with Gasteiger partial charge in [-0.05, 0) is 76.8 Å². The van der Waals surface area contributed by atoms with Crippen molar-refractivity contribution in [2.75, 3.05) is 0 Å². The molecule has 11 aromatic rings. The van der Waals surface area contributed by atoms with E-state index in [0.717, 1.165) is 32.9 Å². The lowest BCUT2D eigenvalue weighted by Crippen LogP contribution is -1.87. The second-order valence-corrected chi connectivity index (χ2v) is 11.8. The van der Waals surface area contributed by atoms with Crippen LogP contribution in [0.5, 0.6) is 0 Å². The zero-order valence-corrected chi connectivity index (χ0v) is 23.3. The first-order valence-corrected chi connectivity index (χ1v) is 14.8. The van der Waals surface area contributed by atoms with Crippen molar-refractivity contribution in [3.63, 3.8) is 0 Å². The second kappa shape index (κ2) is 7.88. The predicted molar refractivity (Wildman–Crippen MR) is 180 cm³/mol. The Hall–Kier alpha value is -6.00. The minimum absolute atomic E-state index is 0.595. The molecule has 0 unspecified atom stereocenters. The highest BCUT2D eigenvalue weighted by Gasteiger charge is 2.19. The van der Waals surface area contributed by atoms with Gasteiger partial charge in [0.15, 0.2) is 11.2 Å². The van der Waals surface area contributed by atoms with E-state index < -0.39 is 0 Å². The first kappa shape index (κ1) is 22.6. The third kappa shape index (κ3) is 2.87. The Labute approximate surface area is 249 Å². The summed E-state index contributed by atoms with van der Waals surface area (Å²) >= 11 is 0. The van der Waals surface area contributed by atoms with Gasteiger partial charge < -0.3 is 8.83 Å². The molecule has 2 aromatic heterocycles. The van der Waals surface area contributed by atoms with E-state index in [4.69, 9.17) is 18.8 Å². The molecule has 0 saturated heterocycles. The Balaban J connectivity index is 1.08. The topological polar surface area (TPSA) is 52.1 Å². The molecule has 4 nitrogen and oxygen atoms in total. The fourth-order valence-electron chi connectivity index (χ4n) is 7.42. The van der Waals surface area contributed by atoms with E-state index in [1.165, 1.54) is 53.9 Å². The molecular weight excluding hydrogens is 540 g/mol. The van der Waals surface area contributed by atoms with Crippen LogP contribution in [0.3, 0.4) is 0 Å². The molecule has 44 heavy (non-hydrogen) atoms. The lowest BCUT2D eigenvalue weighted by atomic mass is 9.92. The van der Waals surface area contributed by atoms with Crippen molar-refractivity contribution in [3.8, 4) is 22.9 Å². The van der Waals surface area contributed by atoms with Gasteiger partial charge in [0.25, 0.3) is 0 Å². The summed E-state index contributed by atoms with van der Waals surface area (Å²) in [5, 5.41) is 14.7. The molecule has 11 rings (SSSR count). The fraction of sp³-hybridized carbons (Fsp3) is 0. The van der Waals surface area contributed by atoms with Crippen LogP contribution >= 0.6 is 0 Å². The molecule has 4 heteroatoms. The van der Waals surface area contributed by atoms with Gasteiger partial charge in [-0.3, -0.25) is 0 Å². The molecule has 0 bridgehead atoms. The van der Waals surface area contributed by atoms with Gasteiger partial charge in [0, 0.05) is 23.3 Å². The molecular formula is C40H20N2O2. The zero-order chi connectivity index (χ0) is 28.5. The number of fused-ring (bicyclic) bond motifs is 2. The van der Waals surface area contributed by atoms with Crippen molar-refractivity contribution in [2.45, 2.75) is 0 Å². The Morgan fingerprint density at radius 2 is 0.727 bits per heavy atom. The van der Waals surface area contributed by atoms with E-state index in [0.29, 0.717) is 22.9 Å². The minimum Gasteiger partial charge on any atom is -0.436 e. The second-order valence-electron chi connectivity index (χ2n) is 11.8. The van der Waals surface area contributed by atoms with Crippen molar-refractivity contribution in [3.05, 3.63) is 121 Å². The molecule has 0 fully saturated rings. The molecule has 2 heterocycles. The zero-order valence-electron chi connectivity index (χ0n) is 23.3. The van der Waals surface area contributed by atoms with Gasteiger partial charge in [0.05, 0.1) is 0 Å². The maximum Gasteiger partial charge on any atom is 0.227 e. The lowest BCUT2D eigenvalue weighted by Gasteiger charge is -2.12. The van der Waals surface area contributed by atoms with E-state index in [2.05, 4.69) is 109 Å². The quantitative estimate of drug-likeness (QED) is 0.197. The summed E-state index contributed by atoms with van der Waals surface area (Å²) in [6.07, 6.45) is 0. The highest BCUT2D eigenvalue weighted by molar-refractivity contribution is 6.26.